The lowest BCUT2D eigenvalue weighted by Gasteiger charge is -2.20. The van der Waals surface area contributed by atoms with Gasteiger partial charge in [0, 0.05) is 18.0 Å². The molecule has 6 nitrogen and oxygen atoms in total. The monoisotopic (exact) mass is 347 g/mol. The number of hydrogen-bond acceptors (Lipinski definition) is 5. The van der Waals surface area contributed by atoms with Gasteiger partial charge in [-0.15, -0.1) is 0 Å². The molecular formula is C18H13N5OS. The molecule has 1 N–H and O–H groups in total. The number of fused-ring (bicyclic) bond motifs is 1. The Balaban J connectivity index is 1.69. The van der Waals surface area contributed by atoms with Gasteiger partial charge in [0.25, 0.3) is 5.91 Å². The molecule has 2 aliphatic heterocycles. The summed E-state index contributed by atoms with van der Waals surface area (Å²) in [5.41, 5.74) is 3.04. The normalized spacial score (nSPS) is 18.3. The van der Waals surface area contributed by atoms with Crippen molar-refractivity contribution in [2.45, 2.75) is 6.92 Å². The van der Waals surface area contributed by atoms with Crippen LogP contribution in [0.2, 0.25) is 0 Å². The molecule has 122 valence electrons. The van der Waals surface area contributed by atoms with Gasteiger partial charge < -0.3 is 0 Å². The Morgan fingerprint density at radius 2 is 2.00 bits per heavy atom. The first-order valence-corrected chi connectivity index (χ1v) is 8.41. The van der Waals surface area contributed by atoms with Crippen molar-refractivity contribution in [3.8, 4) is 0 Å². The number of aliphatic imine (C=N–C) groups is 1. The molecule has 0 bridgehead atoms. The van der Waals surface area contributed by atoms with E-state index in [4.69, 9.17) is 5.41 Å². The van der Waals surface area contributed by atoms with Crippen molar-refractivity contribution in [3.05, 3.63) is 71.1 Å². The minimum absolute atomic E-state index is 0.0296. The van der Waals surface area contributed by atoms with E-state index in [9.17, 15) is 4.79 Å². The number of rotatable bonds is 2. The lowest BCUT2D eigenvalue weighted by molar-refractivity contribution is -0.114. The number of amides is 1. The Kier molecular flexibility index (Phi) is 3.77. The standard InChI is InChI=1S/C18H13N5OS/c1-11-4-6-12(7-5-11)9-14-15(19)23-18(21-16(14)24)25-17(22-23)13-3-2-8-20-10-13/h2-10,19H,1H3. The lowest BCUT2D eigenvalue weighted by Crippen LogP contribution is -2.35. The van der Waals surface area contributed by atoms with E-state index >= 15 is 0 Å². The highest BCUT2D eigenvalue weighted by Crippen LogP contribution is 2.30. The Hall–Kier alpha value is -3.06. The highest BCUT2D eigenvalue weighted by molar-refractivity contribution is 8.27. The van der Waals surface area contributed by atoms with E-state index in [0.717, 1.165) is 16.7 Å². The second kappa shape index (κ2) is 6.10. The third-order valence-electron chi connectivity index (χ3n) is 3.75. The summed E-state index contributed by atoms with van der Waals surface area (Å²) in [4.78, 5) is 20.5. The van der Waals surface area contributed by atoms with E-state index in [2.05, 4.69) is 15.1 Å². The molecule has 0 saturated heterocycles. The van der Waals surface area contributed by atoms with Crippen molar-refractivity contribution in [1.82, 2.24) is 9.99 Å². The van der Waals surface area contributed by atoms with Crippen LogP contribution >= 0.6 is 11.8 Å². The van der Waals surface area contributed by atoms with E-state index in [1.807, 2.05) is 43.3 Å². The Morgan fingerprint density at radius 3 is 2.72 bits per heavy atom. The van der Waals surface area contributed by atoms with E-state index < -0.39 is 5.91 Å². The van der Waals surface area contributed by atoms with E-state index in [-0.39, 0.29) is 11.4 Å². The lowest BCUT2D eigenvalue weighted by atomic mass is 10.1. The van der Waals surface area contributed by atoms with Crippen LogP contribution in [0.3, 0.4) is 0 Å². The number of carbonyl (C=O) groups is 1. The van der Waals surface area contributed by atoms with Crippen molar-refractivity contribution in [2.24, 2.45) is 10.1 Å². The van der Waals surface area contributed by atoms with Crippen molar-refractivity contribution in [2.75, 3.05) is 0 Å². The number of amidine groups is 2. The first-order chi connectivity index (χ1) is 12.1. The largest absolute Gasteiger partial charge is 0.283 e. The topological polar surface area (TPSA) is 81.8 Å². The Labute approximate surface area is 148 Å². The van der Waals surface area contributed by atoms with E-state index in [1.54, 1.807) is 18.5 Å². The molecule has 1 aromatic carbocycles. The summed E-state index contributed by atoms with van der Waals surface area (Å²) >= 11 is 1.26. The smallest absolute Gasteiger partial charge is 0.282 e. The van der Waals surface area contributed by atoms with Crippen LogP contribution in [0.25, 0.3) is 6.08 Å². The third kappa shape index (κ3) is 2.89. The van der Waals surface area contributed by atoms with Gasteiger partial charge in [-0.25, -0.2) is 0 Å². The minimum atomic E-state index is -0.424. The molecule has 25 heavy (non-hydrogen) atoms. The van der Waals surface area contributed by atoms with Gasteiger partial charge >= 0.3 is 0 Å². The third-order valence-corrected chi connectivity index (χ3v) is 4.71. The predicted molar refractivity (Wildman–Crippen MR) is 99.5 cm³/mol. The highest BCUT2D eigenvalue weighted by Gasteiger charge is 2.35. The number of carbonyl (C=O) groups excluding carboxylic acids is 1. The van der Waals surface area contributed by atoms with Crippen LogP contribution in [0.15, 0.2) is 64.5 Å². The molecular weight excluding hydrogens is 334 g/mol. The molecule has 0 spiro atoms. The number of nitrogens with zero attached hydrogens (tertiary/aromatic N) is 4. The number of pyridine rings is 1. The molecule has 0 atom stereocenters. The first-order valence-electron chi connectivity index (χ1n) is 7.59. The van der Waals surface area contributed by atoms with Gasteiger partial charge in [-0.3, -0.25) is 15.2 Å². The maximum atomic E-state index is 12.4. The van der Waals surface area contributed by atoms with E-state index in [1.165, 1.54) is 16.8 Å². The zero-order valence-electron chi connectivity index (χ0n) is 13.3. The van der Waals surface area contributed by atoms with Crippen LogP contribution < -0.4 is 0 Å². The van der Waals surface area contributed by atoms with Crippen LogP contribution in [0.4, 0.5) is 0 Å². The molecule has 1 aromatic heterocycles. The first kappa shape index (κ1) is 15.5. The summed E-state index contributed by atoms with van der Waals surface area (Å²) in [6, 6.07) is 11.4. The molecule has 0 saturated carbocycles. The quantitative estimate of drug-likeness (QED) is 0.847. The van der Waals surface area contributed by atoms with Crippen LogP contribution in [0, 0.1) is 12.3 Å². The van der Waals surface area contributed by atoms with Gasteiger partial charge in [-0.2, -0.15) is 15.1 Å². The van der Waals surface area contributed by atoms with Gasteiger partial charge in [0.2, 0.25) is 5.17 Å². The second-order valence-electron chi connectivity index (χ2n) is 5.58. The van der Waals surface area contributed by atoms with Gasteiger partial charge in [0.05, 0.1) is 5.57 Å². The number of aromatic nitrogens is 1. The summed E-state index contributed by atoms with van der Waals surface area (Å²) in [6.45, 7) is 2.00. The Morgan fingerprint density at radius 1 is 1.20 bits per heavy atom. The van der Waals surface area contributed by atoms with Crippen molar-refractivity contribution in [3.63, 3.8) is 0 Å². The molecule has 4 rings (SSSR count). The highest BCUT2D eigenvalue weighted by atomic mass is 32.2. The molecule has 2 aromatic rings. The van der Waals surface area contributed by atoms with E-state index in [0.29, 0.717) is 10.2 Å². The second-order valence-corrected chi connectivity index (χ2v) is 6.53. The van der Waals surface area contributed by atoms with Crippen molar-refractivity contribution < 1.29 is 4.79 Å². The maximum absolute atomic E-state index is 12.4. The number of nitrogens with one attached hydrogen (secondary N) is 1. The summed E-state index contributed by atoms with van der Waals surface area (Å²) in [5, 5.41) is 15.3. The van der Waals surface area contributed by atoms with Gasteiger partial charge in [-0.05, 0) is 42.5 Å². The molecule has 0 unspecified atom stereocenters. The average Bonchev–Trinajstić information content (AvgIpc) is 3.05. The Bertz CT molecular complexity index is 961. The van der Waals surface area contributed by atoms with Crippen LogP contribution in [-0.4, -0.2) is 31.9 Å². The summed E-state index contributed by atoms with van der Waals surface area (Å²) in [6.07, 6.45) is 5.05. The number of benzene rings is 1. The number of hydrazone groups is 1. The fourth-order valence-corrected chi connectivity index (χ4v) is 3.31. The molecule has 0 radical (unpaired) electrons. The minimum Gasteiger partial charge on any atom is -0.282 e. The molecule has 0 aliphatic carbocycles. The summed E-state index contributed by atoms with van der Waals surface area (Å²) < 4.78 is 0. The summed E-state index contributed by atoms with van der Waals surface area (Å²) in [7, 11) is 0. The predicted octanol–water partition coefficient (Wildman–Crippen LogP) is 3.06. The zero-order chi connectivity index (χ0) is 17.4. The van der Waals surface area contributed by atoms with Crippen LogP contribution in [-0.2, 0) is 4.79 Å². The van der Waals surface area contributed by atoms with Crippen LogP contribution in [0.1, 0.15) is 16.7 Å². The molecule has 0 fully saturated rings. The van der Waals surface area contributed by atoms with Crippen LogP contribution in [0.5, 0.6) is 0 Å². The summed E-state index contributed by atoms with van der Waals surface area (Å²) in [5.74, 6) is -0.395. The average molecular weight is 347 g/mol. The number of hydrogen-bond donors (Lipinski definition) is 1. The fraction of sp³-hybridized carbons (Fsp3) is 0.0556. The zero-order valence-corrected chi connectivity index (χ0v) is 14.1. The molecule has 2 aliphatic rings. The fourth-order valence-electron chi connectivity index (χ4n) is 2.43. The molecule has 7 heteroatoms. The molecule has 1 amide bonds. The van der Waals surface area contributed by atoms with Gasteiger partial charge in [0.1, 0.15) is 5.04 Å². The maximum Gasteiger partial charge on any atom is 0.283 e. The number of aryl methyl sites for hydroxylation is 1. The van der Waals surface area contributed by atoms with Gasteiger partial charge in [-0.1, -0.05) is 29.8 Å². The molecule has 3 heterocycles. The van der Waals surface area contributed by atoms with Gasteiger partial charge in [0.15, 0.2) is 5.84 Å². The SMILES string of the molecule is Cc1ccc(C=C2C(=N)N3N=C(c4cccnc4)SC3=NC2=O)cc1. The van der Waals surface area contributed by atoms with Crippen molar-refractivity contribution in [1.29, 1.82) is 5.41 Å². The number of thioether (sulfide) groups is 1. The van der Waals surface area contributed by atoms with Crippen molar-refractivity contribution >= 4 is 39.8 Å².